The standard InChI is InChI=1S/C18H25NO/c1-2-13-6-5-7-14(12-13)18(20)16-10-11-19-17-9-4-3-8-15(16)17/h3-4,8-9,13-14,16,19H,2,5-7,10-12H2,1H3. The SMILES string of the molecule is CCC1CCCC(C(=O)C2CCNc3ccccc32)C1. The number of carbonyl (C=O) groups is 1. The summed E-state index contributed by atoms with van der Waals surface area (Å²) < 4.78 is 0. The normalized spacial score (nSPS) is 29.4. The van der Waals surface area contributed by atoms with Gasteiger partial charge in [0, 0.05) is 24.1 Å². The second kappa shape index (κ2) is 5.99. The van der Waals surface area contributed by atoms with E-state index in [2.05, 4.69) is 30.4 Å². The van der Waals surface area contributed by atoms with Gasteiger partial charge >= 0.3 is 0 Å². The van der Waals surface area contributed by atoms with E-state index in [4.69, 9.17) is 0 Å². The summed E-state index contributed by atoms with van der Waals surface area (Å²) in [5.41, 5.74) is 2.39. The lowest BCUT2D eigenvalue weighted by Gasteiger charge is -2.32. The molecule has 1 fully saturated rings. The predicted octanol–water partition coefficient (Wildman–Crippen LogP) is 4.37. The number of fused-ring (bicyclic) bond motifs is 1. The fraction of sp³-hybridized carbons (Fsp3) is 0.611. The van der Waals surface area contributed by atoms with Gasteiger partial charge in [-0.05, 0) is 36.8 Å². The van der Waals surface area contributed by atoms with Crippen LogP contribution < -0.4 is 5.32 Å². The summed E-state index contributed by atoms with van der Waals surface area (Å²) in [6, 6.07) is 8.34. The molecule has 0 spiro atoms. The van der Waals surface area contributed by atoms with Crippen LogP contribution in [0.25, 0.3) is 0 Å². The van der Waals surface area contributed by atoms with Crippen LogP contribution in [0.5, 0.6) is 0 Å². The van der Waals surface area contributed by atoms with E-state index in [0.717, 1.165) is 31.7 Å². The molecule has 3 atom stereocenters. The summed E-state index contributed by atoms with van der Waals surface area (Å²) in [5.74, 6) is 1.73. The molecule has 1 aliphatic carbocycles. The lowest BCUT2D eigenvalue weighted by atomic mass is 9.73. The van der Waals surface area contributed by atoms with Gasteiger partial charge in [0.25, 0.3) is 0 Å². The number of rotatable bonds is 3. The zero-order chi connectivity index (χ0) is 13.9. The molecular formula is C18H25NO. The minimum Gasteiger partial charge on any atom is -0.385 e. The highest BCUT2D eigenvalue weighted by Gasteiger charge is 2.33. The van der Waals surface area contributed by atoms with Crippen LogP contribution in [0.2, 0.25) is 0 Å². The van der Waals surface area contributed by atoms with Crippen molar-refractivity contribution in [1.82, 2.24) is 0 Å². The lowest BCUT2D eigenvalue weighted by molar-refractivity contribution is -0.126. The molecule has 3 unspecified atom stereocenters. The largest absolute Gasteiger partial charge is 0.385 e. The summed E-state index contributed by atoms with van der Waals surface area (Å²) in [6.45, 7) is 3.19. The molecule has 108 valence electrons. The first-order chi connectivity index (χ1) is 9.79. The van der Waals surface area contributed by atoms with Gasteiger partial charge in [0.05, 0.1) is 0 Å². The summed E-state index contributed by atoms with van der Waals surface area (Å²) in [5, 5.41) is 3.42. The van der Waals surface area contributed by atoms with Gasteiger partial charge in [-0.3, -0.25) is 4.79 Å². The second-order valence-electron chi connectivity index (χ2n) is 6.40. The third kappa shape index (κ3) is 2.61. The van der Waals surface area contributed by atoms with Gasteiger partial charge < -0.3 is 5.32 Å². The number of ketones is 1. The van der Waals surface area contributed by atoms with Gasteiger partial charge in [-0.1, -0.05) is 44.4 Å². The second-order valence-corrected chi connectivity index (χ2v) is 6.40. The van der Waals surface area contributed by atoms with E-state index in [1.165, 1.54) is 30.5 Å². The maximum Gasteiger partial charge on any atom is 0.143 e. The molecule has 0 bridgehead atoms. The van der Waals surface area contributed by atoms with Crippen molar-refractivity contribution in [1.29, 1.82) is 0 Å². The maximum atomic E-state index is 12.9. The zero-order valence-corrected chi connectivity index (χ0v) is 12.4. The fourth-order valence-electron chi connectivity index (χ4n) is 3.97. The van der Waals surface area contributed by atoms with E-state index >= 15 is 0 Å². The van der Waals surface area contributed by atoms with Gasteiger partial charge in [0.15, 0.2) is 0 Å². The van der Waals surface area contributed by atoms with Crippen molar-refractivity contribution in [3.8, 4) is 0 Å². The van der Waals surface area contributed by atoms with Crippen molar-refractivity contribution in [3.05, 3.63) is 29.8 Å². The first-order valence-corrected chi connectivity index (χ1v) is 8.16. The Hall–Kier alpha value is -1.31. The summed E-state index contributed by atoms with van der Waals surface area (Å²) in [7, 11) is 0. The summed E-state index contributed by atoms with van der Waals surface area (Å²) in [4.78, 5) is 12.9. The number of benzene rings is 1. The quantitative estimate of drug-likeness (QED) is 0.884. The molecule has 0 radical (unpaired) electrons. The average Bonchev–Trinajstić information content (AvgIpc) is 2.53. The first kappa shape index (κ1) is 13.7. The topological polar surface area (TPSA) is 29.1 Å². The monoisotopic (exact) mass is 271 g/mol. The number of carbonyl (C=O) groups excluding carboxylic acids is 1. The molecule has 2 nitrogen and oxygen atoms in total. The molecular weight excluding hydrogens is 246 g/mol. The Labute approximate surface area is 122 Å². The Morgan fingerprint density at radius 3 is 2.95 bits per heavy atom. The van der Waals surface area contributed by atoms with Gasteiger partial charge in [0.1, 0.15) is 5.78 Å². The highest BCUT2D eigenvalue weighted by Crippen LogP contribution is 2.39. The van der Waals surface area contributed by atoms with E-state index in [0.29, 0.717) is 11.7 Å². The zero-order valence-electron chi connectivity index (χ0n) is 12.4. The molecule has 1 aromatic carbocycles. The van der Waals surface area contributed by atoms with Crippen molar-refractivity contribution in [3.63, 3.8) is 0 Å². The van der Waals surface area contributed by atoms with Crippen molar-refractivity contribution < 1.29 is 4.79 Å². The van der Waals surface area contributed by atoms with Crippen LogP contribution in [-0.2, 0) is 4.79 Å². The van der Waals surface area contributed by atoms with Crippen molar-refractivity contribution in [2.24, 2.45) is 11.8 Å². The maximum absolute atomic E-state index is 12.9. The molecule has 2 aliphatic rings. The molecule has 1 saturated carbocycles. The van der Waals surface area contributed by atoms with E-state index in [1.807, 2.05) is 6.07 Å². The Balaban J connectivity index is 1.78. The van der Waals surface area contributed by atoms with Crippen molar-refractivity contribution in [2.75, 3.05) is 11.9 Å². The molecule has 1 heterocycles. The van der Waals surface area contributed by atoms with Gasteiger partial charge in [-0.2, -0.15) is 0 Å². The molecule has 1 aromatic rings. The minimum atomic E-state index is 0.132. The Bertz CT molecular complexity index is 482. The fourth-order valence-corrected chi connectivity index (χ4v) is 3.97. The van der Waals surface area contributed by atoms with Crippen LogP contribution in [0.3, 0.4) is 0 Å². The number of anilines is 1. The van der Waals surface area contributed by atoms with Gasteiger partial charge in [-0.25, -0.2) is 0 Å². The lowest BCUT2D eigenvalue weighted by Crippen LogP contribution is -2.30. The molecule has 0 aromatic heterocycles. The van der Waals surface area contributed by atoms with E-state index in [1.54, 1.807) is 0 Å². The first-order valence-electron chi connectivity index (χ1n) is 8.16. The number of para-hydroxylation sites is 1. The van der Waals surface area contributed by atoms with Crippen molar-refractivity contribution >= 4 is 11.5 Å². The average molecular weight is 271 g/mol. The van der Waals surface area contributed by atoms with E-state index < -0.39 is 0 Å². The van der Waals surface area contributed by atoms with Gasteiger partial charge in [0.2, 0.25) is 0 Å². The molecule has 1 aliphatic heterocycles. The number of nitrogens with one attached hydrogen (secondary N) is 1. The molecule has 0 saturated heterocycles. The molecule has 0 amide bonds. The highest BCUT2D eigenvalue weighted by molar-refractivity contribution is 5.90. The van der Waals surface area contributed by atoms with Crippen LogP contribution >= 0.6 is 0 Å². The third-order valence-corrected chi connectivity index (χ3v) is 5.19. The van der Waals surface area contributed by atoms with Crippen LogP contribution in [0, 0.1) is 11.8 Å². The van der Waals surface area contributed by atoms with Crippen LogP contribution in [0.15, 0.2) is 24.3 Å². The highest BCUT2D eigenvalue weighted by atomic mass is 16.1. The Morgan fingerprint density at radius 2 is 2.10 bits per heavy atom. The number of hydrogen-bond donors (Lipinski definition) is 1. The van der Waals surface area contributed by atoms with E-state index in [9.17, 15) is 4.79 Å². The predicted molar refractivity (Wildman–Crippen MR) is 83.0 cm³/mol. The molecule has 2 heteroatoms. The molecule has 1 N–H and O–H groups in total. The molecule has 20 heavy (non-hydrogen) atoms. The summed E-state index contributed by atoms with van der Waals surface area (Å²) in [6.07, 6.45) is 6.99. The Morgan fingerprint density at radius 1 is 1.25 bits per heavy atom. The molecule has 3 rings (SSSR count). The van der Waals surface area contributed by atoms with Crippen LogP contribution in [-0.4, -0.2) is 12.3 Å². The minimum absolute atomic E-state index is 0.132. The smallest absolute Gasteiger partial charge is 0.143 e. The van der Waals surface area contributed by atoms with E-state index in [-0.39, 0.29) is 5.92 Å². The Kier molecular flexibility index (Phi) is 4.09. The van der Waals surface area contributed by atoms with Crippen molar-refractivity contribution in [2.45, 2.75) is 51.4 Å². The summed E-state index contributed by atoms with van der Waals surface area (Å²) >= 11 is 0. The van der Waals surface area contributed by atoms with Gasteiger partial charge in [-0.15, -0.1) is 0 Å². The van der Waals surface area contributed by atoms with Crippen LogP contribution in [0.4, 0.5) is 5.69 Å². The number of Topliss-reactive ketones (excluding diaryl/α,β-unsaturated/α-hetero) is 1. The number of hydrogen-bond acceptors (Lipinski definition) is 2. The van der Waals surface area contributed by atoms with Crippen LogP contribution in [0.1, 0.15) is 56.9 Å². The third-order valence-electron chi connectivity index (χ3n) is 5.19.